The van der Waals surface area contributed by atoms with Gasteiger partial charge in [-0.2, -0.15) is 0 Å². The molecule has 156 valence electrons. The number of nitrogens with one attached hydrogen (secondary N) is 2. The van der Waals surface area contributed by atoms with Gasteiger partial charge in [0.25, 0.3) is 11.2 Å². The minimum atomic E-state index is -0.495. The van der Waals surface area contributed by atoms with E-state index in [1.807, 2.05) is 17.9 Å². The molecule has 1 aromatic heterocycles. The van der Waals surface area contributed by atoms with Crippen LogP contribution in [0, 0.1) is 17.0 Å². The number of H-pyrrole nitrogens is 1. The maximum Gasteiger partial charge on any atom is 0.271 e. The Morgan fingerprint density at radius 3 is 2.77 bits per heavy atom. The van der Waals surface area contributed by atoms with Gasteiger partial charge in [-0.25, -0.2) is 4.98 Å². The van der Waals surface area contributed by atoms with Crippen LogP contribution in [0.1, 0.15) is 24.7 Å². The normalized spacial score (nSPS) is 11.0. The summed E-state index contributed by atoms with van der Waals surface area (Å²) in [7, 11) is 0. The number of anilines is 1. The van der Waals surface area contributed by atoms with Crippen molar-refractivity contribution in [2.45, 2.75) is 26.8 Å². The minimum absolute atomic E-state index is 0.0718. The molecule has 0 bridgehead atoms. The lowest BCUT2D eigenvalue weighted by molar-refractivity contribution is -0.384. The summed E-state index contributed by atoms with van der Waals surface area (Å²) in [5, 5.41) is 14.2. The predicted molar refractivity (Wildman–Crippen MR) is 114 cm³/mol. The Hall–Kier alpha value is -3.59. The summed E-state index contributed by atoms with van der Waals surface area (Å²) in [6, 6.07) is 11.5. The molecular weight excluding hydrogens is 386 g/mol. The molecule has 0 radical (unpaired) electrons. The Balaban J connectivity index is 1.63. The number of aryl methyl sites for hydroxylation is 1. The van der Waals surface area contributed by atoms with Crippen molar-refractivity contribution >= 4 is 28.2 Å². The van der Waals surface area contributed by atoms with E-state index in [9.17, 15) is 19.7 Å². The van der Waals surface area contributed by atoms with Gasteiger partial charge in [-0.15, -0.1) is 0 Å². The zero-order chi connectivity index (χ0) is 21.7. The zero-order valence-electron chi connectivity index (χ0n) is 16.8. The Bertz CT molecular complexity index is 1140. The van der Waals surface area contributed by atoms with E-state index in [-0.39, 0.29) is 23.6 Å². The number of nitro benzene ring substituents is 1. The molecule has 0 aliphatic carbocycles. The number of non-ortho nitro benzene ring substituents is 1. The number of hydrogen-bond donors (Lipinski definition) is 2. The molecule has 0 saturated heterocycles. The van der Waals surface area contributed by atoms with Crippen molar-refractivity contribution in [1.82, 2.24) is 14.9 Å². The van der Waals surface area contributed by atoms with E-state index in [1.165, 1.54) is 12.1 Å². The summed E-state index contributed by atoms with van der Waals surface area (Å²) in [4.78, 5) is 44.3. The molecule has 0 saturated carbocycles. The first-order valence-corrected chi connectivity index (χ1v) is 9.62. The van der Waals surface area contributed by atoms with Crippen molar-refractivity contribution in [2.24, 2.45) is 0 Å². The van der Waals surface area contributed by atoms with Crippen molar-refractivity contribution in [1.29, 1.82) is 0 Å². The van der Waals surface area contributed by atoms with Gasteiger partial charge < -0.3 is 10.3 Å². The molecule has 9 heteroatoms. The van der Waals surface area contributed by atoms with Crippen LogP contribution in [0.25, 0.3) is 10.9 Å². The fourth-order valence-electron chi connectivity index (χ4n) is 3.10. The van der Waals surface area contributed by atoms with Crippen molar-refractivity contribution in [3.8, 4) is 0 Å². The minimum Gasteiger partial charge on any atom is -0.326 e. The number of aromatic amines is 1. The molecule has 2 N–H and O–H groups in total. The molecule has 3 aromatic rings. The van der Waals surface area contributed by atoms with Crippen LogP contribution < -0.4 is 10.9 Å². The Kier molecular flexibility index (Phi) is 6.53. The van der Waals surface area contributed by atoms with Crippen LogP contribution in [0.3, 0.4) is 0 Å². The molecule has 1 heterocycles. The molecule has 2 aromatic carbocycles. The number of benzene rings is 2. The number of nitro groups is 1. The smallest absolute Gasteiger partial charge is 0.271 e. The summed E-state index contributed by atoms with van der Waals surface area (Å²) in [5.74, 6) is 0.299. The fourth-order valence-corrected chi connectivity index (χ4v) is 3.10. The van der Waals surface area contributed by atoms with Crippen molar-refractivity contribution in [2.75, 3.05) is 18.4 Å². The summed E-state index contributed by atoms with van der Waals surface area (Å²) in [6.45, 7) is 5.26. The van der Waals surface area contributed by atoms with Gasteiger partial charge >= 0.3 is 0 Å². The average Bonchev–Trinajstić information content (AvgIpc) is 2.72. The first kappa shape index (κ1) is 21.1. The highest BCUT2D eigenvalue weighted by atomic mass is 16.6. The van der Waals surface area contributed by atoms with Crippen molar-refractivity contribution in [3.63, 3.8) is 0 Å². The third-order valence-corrected chi connectivity index (χ3v) is 4.84. The fraction of sp³-hybridized carbons (Fsp3) is 0.286. The average molecular weight is 409 g/mol. The second kappa shape index (κ2) is 9.27. The lowest BCUT2D eigenvalue weighted by Crippen LogP contribution is -2.29. The van der Waals surface area contributed by atoms with E-state index in [0.717, 1.165) is 5.56 Å². The number of carbonyl (C=O) groups is 1. The molecule has 0 atom stereocenters. The Morgan fingerprint density at radius 2 is 2.03 bits per heavy atom. The van der Waals surface area contributed by atoms with Crippen molar-refractivity contribution < 1.29 is 9.72 Å². The second-order valence-electron chi connectivity index (χ2n) is 6.95. The number of para-hydroxylation sites is 1. The molecule has 1 amide bonds. The van der Waals surface area contributed by atoms with Crippen LogP contribution in [0.4, 0.5) is 11.4 Å². The van der Waals surface area contributed by atoms with Gasteiger partial charge in [0.05, 0.1) is 28.1 Å². The number of hydrogen-bond acceptors (Lipinski definition) is 6. The highest BCUT2D eigenvalue weighted by Gasteiger charge is 2.13. The summed E-state index contributed by atoms with van der Waals surface area (Å²) in [6.07, 6.45) is 0.202. The van der Waals surface area contributed by atoms with Crippen LogP contribution in [-0.2, 0) is 11.3 Å². The number of carbonyl (C=O) groups excluding carboxylic acids is 1. The van der Waals surface area contributed by atoms with Crippen LogP contribution in [-0.4, -0.2) is 38.8 Å². The standard InChI is InChI=1S/C21H23N5O4/c1-3-25(13-19-22-17-7-5-4-6-16(17)21(28)24-19)11-10-20(27)23-18-12-15(26(29)30)9-8-14(18)2/h4-9,12H,3,10-11,13H2,1-2H3,(H,23,27)(H,22,24,28). The van der Waals surface area contributed by atoms with Gasteiger partial charge in [0, 0.05) is 25.1 Å². The van der Waals surface area contributed by atoms with Gasteiger partial charge in [-0.1, -0.05) is 25.1 Å². The zero-order valence-corrected chi connectivity index (χ0v) is 16.8. The van der Waals surface area contributed by atoms with E-state index in [4.69, 9.17) is 0 Å². The molecule has 9 nitrogen and oxygen atoms in total. The van der Waals surface area contributed by atoms with Crippen LogP contribution in [0.15, 0.2) is 47.3 Å². The second-order valence-corrected chi connectivity index (χ2v) is 6.95. The number of rotatable bonds is 8. The van der Waals surface area contributed by atoms with Gasteiger partial charge in [0.1, 0.15) is 5.82 Å². The van der Waals surface area contributed by atoms with Gasteiger partial charge in [-0.05, 0) is 31.2 Å². The van der Waals surface area contributed by atoms with E-state index in [2.05, 4.69) is 15.3 Å². The number of nitrogens with zero attached hydrogens (tertiary/aromatic N) is 3. The topological polar surface area (TPSA) is 121 Å². The van der Waals surface area contributed by atoms with Crippen LogP contribution >= 0.6 is 0 Å². The molecule has 0 spiro atoms. The summed E-state index contributed by atoms with van der Waals surface area (Å²) < 4.78 is 0. The van der Waals surface area contributed by atoms with E-state index < -0.39 is 4.92 Å². The van der Waals surface area contributed by atoms with E-state index in [1.54, 1.807) is 31.2 Å². The molecule has 0 fully saturated rings. The third kappa shape index (κ3) is 5.06. The van der Waals surface area contributed by atoms with E-state index in [0.29, 0.717) is 42.0 Å². The molecule has 3 rings (SSSR count). The van der Waals surface area contributed by atoms with E-state index >= 15 is 0 Å². The van der Waals surface area contributed by atoms with Crippen LogP contribution in [0.2, 0.25) is 0 Å². The lowest BCUT2D eigenvalue weighted by atomic mass is 10.1. The summed E-state index contributed by atoms with van der Waals surface area (Å²) in [5.41, 5.74) is 1.55. The first-order chi connectivity index (χ1) is 14.4. The van der Waals surface area contributed by atoms with Crippen molar-refractivity contribution in [3.05, 3.63) is 74.3 Å². The molecule has 0 unspecified atom stereocenters. The number of amides is 1. The van der Waals surface area contributed by atoms with Gasteiger partial charge in [-0.3, -0.25) is 24.6 Å². The molecule has 0 aliphatic heterocycles. The van der Waals surface area contributed by atoms with Gasteiger partial charge in [0.15, 0.2) is 0 Å². The summed E-state index contributed by atoms with van der Waals surface area (Å²) >= 11 is 0. The van der Waals surface area contributed by atoms with Gasteiger partial charge in [0.2, 0.25) is 5.91 Å². The maximum absolute atomic E-state index is 12.4. The highest BCUT2D eigenvalue weighted by molar-refractivity contribution is 5.92. The van der Waals surface area contributed by atoms with Crippen LogP contribution in [0.5, 0.6) is 0 Å². The maximum atomic E-state index is 12.4. The highest BCUT2D eigenvalue weighted by Crippen LogP contribution is 2.22. The molecular formula is C21H23N5O4. The quantitative estimate of drug-likeness (QED) is 0.436. The first-order valence-electron chi connectivity index (χ1n) is 9.62. The predicted octanol–water partition coefficient (Wildman–Crippen LogP) is 2.99. The monoisotopic (exact) mass is 409 g/mol. The third-order valence-electron chi connectivity index (χ3n) is 4.84. The molecule has 0 aliphatic rings. The number of fused-ring (bicyclic) bond motifs is 1. The number of aromatic nitrogens is 2. The SMILES string of the molecule is CCN(CCC(=O)Nc1cc([N+](=O)[O-])ccc1C)Cc1nc2ccccc2c(=O)[nH]1. The molecule has 30 heavy (non-hydrogen) atoms. The lowest BCUT2D eigenvalue weighted by Gasteiger charge is -2.19. The Labute approximate surface area is 172 Å². The Morgan fingerprint density at radius 1 is 1.27 bits per heavy atom. The largest absolute Gasteiger partial charge is 0.326 e.